The maximum Gasteiger partial charge on any atom is 0.187 e. The maximum absolute atomic E-state index is 6.43. The molecule has 0 bridgehead atoms. The van der Waals surface area contributed by atoms with Gasteiger partial charge in [-0.3, -0.25) is 0 Å². The van der Waals surface area contributed by atoms with Gasteiger partial charge in [0.2, 0.25) is 0 Å². The van der Waals surface area contributed by atoms with Crippen LogP contribution in [-0.4, -0.2) is 190 Å². The Morgan fingerprint density at radius 3 is 0.889 bits per heavy atom. The Kier molecular flexibility index (Phi) is 16.7. The molecule has 16 nitrogen and oxygen atoms in total. The minimum absolute atomic E-state index is 0.0284. The van der Waals surface area contributed by atoms with Gasteiger partial charge in [0.25, 0.3) is 0 Å². The van der Waals surface area contributed by atoms with Crippen LogP contribution in [0, 0.1) is 0 Å². The van der Waals surface area contributed by atoms with Crippen molar-refractivity contribution in [2.75, 3.05) is 98.0 Å². The maximum atomic E-state index is 6.43. The topological polar surface area (TPSA) is 148 Å². The van der Waals surface area contributed by atoms with E-state index in [-0.39, 0.29) is 19.8 Å². The SMILES string of the molecule is COC[C@H]1O[C@@H](OC[C@H]2O[C@H](OC[C@H]3O[C@H](OC)[C@H](OC)[C@@H](OC)[C@@H]3OC)[C@H](OC)[C@@H](OC)[C@@H]2OC)[C@H](OC)[C@@H](OC)[C@@H]1OC. The first-order chi connectivity index (χ1) is 21.9. The summed E-state index contributed by atoms with van der Waals surface area (Å²) in [5.74, 6) is 0. The highest BCUT2D eigenvalue weighted by atomic mass is 16.8. The van der Waals surface area contributed by atoms with E-state index in [9.17, 15) is 0 Å². The van der Waals surface area contributed by atoms with Gasteiger partial charge in [-0.05, 0) is 0 Å². The molecular formula is C29H54O16. The van der Waals surface area contributed by atoms with Crippen LogP contribution < -0.4 is 0 Å². The first-order valence-electron chi connectivity index (χ1n) is 14.8. The number of methoxy groups -OCH3 is 11. The normalized spacial score (nSPS) is 42.6. The van der Waals surface area contributed by atoms with Crippen molar-refractivity contribution in [3.8, 4) is 0 Å². The van der Waals surface area contributed by atoms with Crippen molar-refractivity contribution >= 4 is 0 Å². The van der Waals surface area contributed by atoms with Crippen LogP contribution in [0.5, 0.6) is 0 Å². The number of rotatable bonds is 18. The fourth-order valence-corrected chi connectivity index (χ4v) is 6.44. The molecule has 3 fully saturated rings. The Labute approximate surface area is 266 Å². The molecule has 0 aromatic heterocycles. The van der Waals surface area contributed by atoms with Gasteiger partial charge in [-0.1, -0.05) is 0 Å². The highest BCUT2D eigenvalue weighted by Gasteiger charge is 2.52. The first kappa shape index (κ1) is 38.8. The number of ether oxygens (including phenoxy) is 16. The van der Waals surface area contributed by atoms with Gasteiger partial charge in [0.1, 0.15) is 73.2 Å². The van der Waals surface area contributed by atoms with Crippen molar-refractivity contribution in [2.24, 2.45) is 0 Å². The molecule has 266 valence electrons. The third kappa shape index (κ3) is 8.70. The van der Waals surface area contributed by atoms with Crippen LogP contribution in [0.15, 0.2) is 0 Å². The zero-order chi connectivity index (χ0) is 33.1. The summed E-state index contributed by atoms with van der Waals surface area (Å²) in [4.78, 5) is 0. The Morgan fingerprint density at radius 1 is 0.311 bits per heavy atom. The molecular weight excluding hydrogens is 604 g/mol. The molecule has 0 unspecified atom stereocenters. The summed E-state index contributed by atoms with van der Waals surface area (Å²) in [5, 5.41) is 0. The summed E-state index contributed by atoms with van der Waals surface area (Å²) in [6, 6.07) is 0. The summed E-state index contributed by atoms with van der Waals surface area (Å²) in [6.07, 6.45) is -9.07. The lowest BCUT2D eigenvalue weighted by Gasteiger charge is -2.47. The van der Waals surface area contributed by atoms with Gasteiger partial charge in [0.05, 0.1) is 19.8 Å². The second kappa shape index (κ2) is 19.4. The van der Waals surface area contributed by atoms with Crippen molar-refractivity contribution in [1.82, 2.24) is 0 Å². The fraction of sp³-hybridized carbons (Fsp3) is 1.00. The van der Waals surface area contributed by atoms with Crippen LogP contribution in [-0.2, 0) is 75.8 Å². The molecule has 0 amide bonds. The van der Waals surface area contributed by atoms with E-state index >= 15 is 0 Å². The van der Waals surface area contributed by atoms with E-state index in [1.807, 2.05) is 0 Å². The molecule has 0 aromatic rings. The summed E-state index contributed by atoms with van der Waals surface area (Å²) >= 11 is 0. The van der Waals surface area contributed by atoms with Crippen molar-refractivity contribution < 1.29 is 75.8 Å². The Bertz CT molecular complexity index is 810. The van der Waals surface area contributed by atoms with Crippen LogP contribution >= 0.6 is 0 Å². The van der Waals surface area contributed by atoms with Gasteiger partial charge in [0.15, 0.2) is 18.9 Å². The molecule has 0 aliphatic carbocycles. The molecule has 3 rings (SSSR count). The molecule has 0 saturated carbocycles. The standard InChI is InChI=1S/C29H54O16/c1-30-12-15-18(31-2)22(35-6)25(38-9)28(44-15)42-14-17-20(33-4)23(36-7)26(39-10)29(45-17)41-13-16-19(32-3)21(34-5)24(37-8)27(40-11)43-16/h15-29H,12-14H2,1-11H3/t15-,16-,17-,18-,19-,20-,21+,22+,23+,24-,25-,26-,27+,28-,29+/m1/s1. The predicted octanol–water partition coefficient (Wildman–Crippen LogP) is -0.378. The van der Waals surface area contributed by atoms with Crippen LogP contribution in [0.4, 0.5) is 0 Å². The van der Waals surface area contributed by atoms with Crippen molar-refractivity contribution in [2.45, 2.75) is 92.1 Å². The fourth-order valence-electron chi connectivity index (χ4n) is 6.44. The quantitative estimate of drug-likeness (QED) is 0.188. The van der Waals surface area contributed by atoms with Gasteiger partial charge in [-0.15, -0.1) is 0 Å². The van der Waals surface area contributed by atoms with Gasteiger partial charge in [-0.25, -0.2) is 0 Å². The molecule has 3 aliphatic heterocycles. The minimum Gasteiger partial charge on any atom is -0.382 e. The van der Waals surface area contributed by atoms with Crippen molar-refractivity contribution in [3.63, 3.8) is 0 Å². The first-order valence-corrected chi connectivity index (χ1v) is 14.8. The molecule has 3 heterocycles. The molecule has 3 saturated heterocycles. The van der Waals surface area contributed by atoms with Gasteiger partial charge < -0.3 is 75.8 Å². The van der Waals surface area contributed by atoms with E-state index in [1.54, 1.807) is 71.1 Å². The Morgan fingerprint density at radius 2 is 0.600 bits per heavy atom. The van der Waals surface area contributed by atoms with E-state index in [2.05, 4.69) is 0 Å². The predicted molar refractivity (Wildman–Crippen MR) is 154 cm³/mol. The van der Waals surface area contributed by atoms with E-state index in [0.29, 0.717) is 0 Å². The number of hydrogen-bond donors (Lipinski definition) is 0. The zero-order valence-electron chi connectivity index (χ0n) is 28.3. The highest BCUT2D eigenvalue weighted by Crippen LogP contribution is 2.33. The molecule has 15 atom stereocenters. The summed E-state index contributed by atoms with van der Waals surface area (Å²) in [5.41, 5.74) is 0. The molecule has 0 aromatic carbocycles. The molecule has 45 heavy (non-hydrogen) atoms. The monoisotopic (exact) mass is 658 g/mol. The lowest BCUT2D eigenvalue weighted by molar-refractivity contribution is -0.350. The number of hydrogen-bond acceptors (Lipinski definition) is 16. The largest absolute Gasteiger partial charge is 0.382 e. The molecule has 0 N–H and O–H groups in total. The highest BCUT2D eigenvalue weighted by molar-refractivity contribution is 4.96. The van der Waals surface area contributed by atoms with Crippen LogP contribution in [0.3, 0.4) is 0 Å². The molecule has 16 heteroatoms. The summed E-state index contributed by atoms with van der Waals surface area (Å²) in [7, 11) is 17.2. The van der Waals surface area contributed by atoms with Gasteiger partial charge >= 0.3 is 0 Å². The van der Waals surface area contributed by atoms with Crippen LogP contribution in [0.2, 0.25) is 0 Å². The van der Waals surface area contributed by atoms with Crippen molar-refractivity contribution in [3.05, 3.63) is 0 Å². The van der Waals surface area contributed by atoms with E-state index < -0.39 is 92.1 Å². The Balaban J connectivity index is 1.78. The van der Waals surface area contributed by atoms with E-state index in [0.717, 1.165) is 0 Å². The third-order valence-electron chi connectivity index (χ3n) is 8.64. The summed E-state index contributed by atoms with van der Waals surface area (Å²) < 4.78 is 94.0. The van der Waals surface area contributed by atoms with Gasteiger partial charge in [-0.2, -0.15) is 0 Å². The lowest BCUT2D eigenvalue weighted by Crippen LogP contribution is -2.64. The average Bonchev–Trinajstić information content (AvgIpc) is 3.07. The van der Waals surface area contributed by atoms with Crippen LogP contribution in [0.25, 0.3) is 0 Å². The van der Waals surface area contributed by atoms with Crippen molar-refractivity contribution in [1.29, 1.82) is 0 Å². The molecule has 3 aliphatic rings. The smallest absolute Gasteiger partial charge is 0.187 e. The second-order valence-corrected chi connectivity index (χ2v) is 10.8. The van der Waals surface area contributed by atoms with E-state index in [1.165, 1.54) is 7.11 Å². The van der Waals surface area contributed by atoms with Gasteiger partial charge in [0, 0.05) is 78.2 Å². The lowest BCUT2D eigenvalue weighted by atomic mass is 9.97. The Hall–Kier alpha value is -0.640. The molecule has 0 radical (unpaired) electrons. The third-order valence-corrected chi connectivity index (χ3v) is 8.64. The average molecular weight is 659 g/mol. The zero-order valence-corrected chi connectivity index (χ0v) is 28.3. The van der Waals surface area contributed by atoms with Crippen LogP contribution in [0.1, 0.15) is 0 Å². The minimum atomic E-state index is -0.903. The molecule has 0 spiro atoms. The summed E-state index contributed by atoms with van der Waals surface area (Å²) in [6.45, 7) is 0.336. The van der Waals surface area contributed by atoms with E-state index in [4.69, 9.17) is 75.8 Å². The second-order valence-electron chi connectivity index (χ2n) is 10.8.